The van der Waals surface area contributed by atoms with E-state index in [0.29, 0.717) is 12.2 Å². The molecule has 1 aromatic carbocycles. The fraction of sp³-hybridized carbons (Fsp3) is 0.625. The summed E-state index contributed by atoms with van der Waals surface area (Å²) < 4.78 is 20.0. The first-order chi connectivity index (χ1) is 9.19. The fourth-order valence-corrected chi connectivity index (χ4v) is 3.17. The molecule has 1 saturated carbocycles. The van der Waals surface area contributed by atoms with Crippen molar-refractivity contribution in [3.63, 3.8) is 0 Å². The second kappa shape index (κ2) is 6.49. The molecule has 0 spiro atoms. The molecule has 0 radical (unpaired) electrons. The molecule has 1 unspecified atom stereocenters. The van der Waals surface area contributed by atoms with Gasteiger partial charge in [0.2, 0.25) is 0 Å². The average Bonchev–Trinajstić information content (AvgIpc) is 2.66. The zero-order valence-electron chi connectivity index (χ0n) is 11.7. The SMILES string of the molecule is CCOC1(C(N)c2ccccc2F)CCCCCC1. The third-order valence-corrected chi connectivity index (χ3v) is 4.19. The Labute approximate surface area is 115 Å². The van der Waals surface area contributed by atoms with E-state index in [-0.39, 0.29) is 11.9 Å². The van der Waals surface area contributed by atoms with Gasteiger partial charge in [0.05, 0.1) is 11.6 Å². The Morgan fingerprint density at radius 2 is 1.84 bits per heavy atom. The van der Waals surface area contributed by atoms with Crippen LogP contribution in [0.4, 0.5) is 4.39 Å². The number of halogens is 1. The highest BCUT2D eigenvalue weighted by Crippen LogP contribution is 2.39. The maximum atomic E-state index is 14.0. The van der Waals surface area contributed by atoms with Crippen LogP contribution in [0.5, 0.6) is 0 Å². The molecule has 3 heteroatoms. The average molecular weight is 265 g/mol. The van der Waals surface area contributed by atoms with Crippen molar-refractivity contribution >= 4 is 0 Å². The molecule has 19 heavy (non-hydrogen) atoms. The standard InChI is InChI=1S/C16H24FNO/c1-2-19-16(11-7-3-4-8-12-16)15(18)13-9-5-6-10-14(13)17/h5-6,9-10,15H,2-4,7-8,11-12,18H2,1H3. The van der Waals surface area contributed by atoms with Gasteiger partial charge in [0.25, 0.3) is 0 Å². The van der Waals surface area contributed by atoms with Gasteiger partial charge < -0.3 is 10.5 Å². The highest BCUT2D eigenvalue weighted by Gasteiger charge is 2.39. The van der Waals surface area contributed by atoms with E-state index < -0.39 is 5.60 Å². The van der Waals surface area contributed by atoms with Crippen LogP contribution < -0.4 is 5.73 Å². The molecule has 106 valence electrons. The lowest BCUT2D eigenvalue weighted by Crippen LogP contribution is -2.44. The Morgan fingerprint density at radius 1 is 1.21 bits per heavy atom. The van der Waals surface area contributed by atoms with Gasteiger partial charge in [-0.3, -0.25) is 0 Å². The second-order valence-electron chi connectivity index (χ2n) is 5.41. The number of ether oxygens (including phenoxy) is 1. The molecule has 0 saturated heterocycles. The van der Waals surface area contributed by atoms with Gasteiger partial charge in [0.15, 0.2) is 0 Å². The van der Waals surface area contributed by atoms with Crippen LogP contribution in [0.25, 0.3) is 0 Å². The lowest BCUT2D eigenvalue weighted by atomic mass is 9.82. The van der Waals surface area contributed by atoms with Crippen LogP contribution in [-0.2, 0) is 4.74 Å². The zero-order valence-corrected chi connectivity index (χ0v) is 11.7. The topological polar surface area (TPSA) is 35.2 Å². The van der Waals surface area contributed by atoms with Crippen molar-refractivity contribution in [1.29, 1.82) is 0 Å². The third-order valence-electron chi connectivity index (χ3n) is 4.19. The molecule has 0 amide bonds. The van der Waals surface area contributed by atoms with Crippen molar-refractivity contribution in [2.75, 3.05) is 6.61 Å². The van der Waals surface area contributed by atoms with E-state index in [1.54, 1.807) is 12.1 Å². The normalized spacial score (nSPS) is 20.8. The molecular weight excluding hydrogens is 241 g/mol. The van der Waals surface area contributed by atoms with Gasteiger partial charge in [0.1, 0.15) is 5.82 Å². The third kappa shape index (κ3) is 3.15. The Kier molecular flexibility index (Phi) is 4.94. The summed E-state index contributed by atoms with van der Waals surface area (Å²) in [6.07, 6.45) is 6.52. The molecule has 0 bridgehead atoms. The molecule has 1 atom stereocenters. The van der Waals surface area contributed by atoms with Gasteiger partial charge >= 0.3 is 0 Å². The molecule has 0 aromatic heterocycles. The molecule has 1 aliphatic carbocycles. The van der Waals surface area contributed by atoms with Gasteiger partial charge in [-0.15, -0.1) is 0 Å². The van der Waals surface area contributed by atoms with E-state index in [9.17, 15) is 4.39 Å². The van der Waals surface area contributed by atoms with Crippen LogP contribution in [0, 0.1) is 5.82 Å². The fourth-order valence-electron chi connectivity index (χ4n) is 3.17. The van der Waals surface area contributed by atoms with Crippen molar-refractivity contribution in [2.45, 2.75) is 57.1 Å². The molecule has 2 N–H and O–H groups in total. The maximum absolute atomic E-state index is 14.0. The smallest absolute Gasteiger partial charge is 0.128 e. The number of hydrogen-bond acceptors (Lipinski definition) is 2. The number of nitrogens with two attached hydrogens (primary N) is 1. The Hall–Kier alpha value is -0.930. The highest BCUT2D eigenvalue weighted by atomic mass is 19.1. The number of rotatable bonds is 4. The zero-order chi connectivity index (χ0) is 13.7. The van der Waals surface area contributed by atoms with Crippen molar-refractivity contribution in [3.8, 4) is 0 Å². The monoisotopic (exact) mass is 265 g/mol. The van der Waals surface area contributed by atoms with Crippen molar-refractivity contribution in [1.82, 2.24) is 0 Å². The van der Waals surface area contributed by atoms with E-state index in [4.69, 9.17) is 10.5 Å². The highest BCUT2D eigenvalue weighted by molar-refractivity contribution is 5.24. The van der Waals surface area contributed by atoms with Crippen LogP contribution >= 0.6 is 0 Å². The Balaban J connectivity index is 2.29. The largest absolute Gasteiger partial charge is 0.373 e. The van der Waals surface area contributed by atoms with Crippen LogP contribution in [-0.4, -0.2) is 12.2 Å². The van der Waals surface area contributed by atoms with Crippen LogP contribution in [0.3, 0.4) is 0 Å². The summed E-state index contributed by atoms with van der Waals surface area (Å²) in [6, 6.07) is 6.42. The minimum Gasteiger partial charge on any atom is -0.373 e. The summed E-state index contributed by atoms with van der Waals surface area (Å²) in [5, 5.41) is 0. The minimum absolute atomic E-state index is 0.224. The lowest BCUT2D eigenvalue weighted by Gasteiger charge is -2.38. The molecule has 1 aromatic rings. The first kappa shape index (κ1) is 14.5. The molecule has 1 aliphatic rings. The minimum atomic E-state index is -0.395. The Morgan fingerprint density at radius 3 is 2.42 bits per heavy atom. The Bertz CT molecular complexity index is 399. The van der Waals surface area contributed by atoms with Gasteiger partial charge in [0, 0.05) is 12.2 Å². The van der Waals surface area contributed by atoms with Crippen molar-refractivity contribution in [3.05, 3.63) is 35.6 Å². The number of hydrogen-bond donors (Lipinski definition) is 1. The maximum Gasteiger partial charge on any atom is 0.128 e. The predicted molar refractivity (Wildman–Crippen MR) is 75.4 cm³/mol. The molecular formula is C16H24FNO. The van der Waals surface area contributed by atoms with Gasteiger partial charge in [-0.2, -0.15) is 0 Å². The summed E-state index contributed by atoms with van der Waals surface area (Å²) in [5.74, 6) is -0.224. The summed E-state index contributed by atoms with van der Waals surface area (Å²) in [4.78, 5) is 0. The number of benzene rings is 1. The van der Waals surface area contributed by atoms with E-state index >= 15 is 0 Å². The molecule has 1 fully saturated rings. The van der Waals surface area contributed by atoms with E-state index in [2.05, 4.69) is 0 Å². The van der Waals surface area contributed by atoms with E-state index in [0.717, 1.165) is 25.7 Å². The van der Waals surface area contributed by atoms with Gasteiger partial charge in [-0.05, 0) is 25.8 Å². The summed E-state index contributed by atoms with van der Waals surface area (Å²) in [6.45, 7) is 2.61. The summed E-state index contributed by atoms with van der Waals surface area (Å²) >= 11 is 0. The second-order valence-corrected chi connectivity index (χ2v) is 5.41. The van der Waals surface area contributed by atoms with Crippen LogP contribution in [0.2, 0.25) is 0 Å². The van der Waals surface area contributed by atoms with Crippen molar-refractivity contribution in [2.24, 2.45) is 5.73 Å². The first-order valence-electron chi connectivity index (χ1n) is 7.33. The summed E-state index contributed by atoms with van der Waals surface area (Å²) in [5.41, 5.74) is 6.58. The van der Waals surface area contributed by atoms with Gasteiger partial charge in [-0.1, -0.05) is 43.9 Å². The molecule has 2 nitrogen and oxygen atoms in total. The van der Waals surface area contributed by atoms with Gasteiger partial charge in [-0.25, -0.2) is 4.39 Å². The van der Waals surface area contributed by atoms with Crippen molar-refractivity contribution < 1.29 is 9.13 Å². The molecule has 2 rings (SSSR count). The van der Waals surface area contributed by atoms with E-state index in [1.807, 2.05) is 13.0 Å². The molecule has 0 heterocycles. The van der Waals surface area contributed by atoms with Crippen LogP contribution in [0.1, 0.15) is 57.1 Å². The summed E-state index contributed by atoms with van der Waals surface area (Å²) in [7, 11) is 0. The predicted octanol–water partition coefficient (Wildman–Crippen LogP) is 3.96. The quantitative estimate of drug-likeness (QED) is 0.836. The van der Waals surface area contributed by atoms with E-state index in [1.165, 1.54) is 18.9 Å². The van der Waals surface area contributed by atoms with Crippen LogP contribution in [0.15, 0.2) is 24.3 Å². The lowest BCUT2D eigenvalue weighted by molar-refractivity contribution is -0.0702. The first-order valence-corrected chi connectivity index (χ1v) is 7.33. The molecule has 0 aliphatic heterocycles.